The predicted molar refractivity (Wildman–Crippen MR) is 76.1 cm³/mol. The van der Waals surface area contributed by atoms with Crippen molar-refractivity contribution in [2.45, 2.75) is 45.4 Å². The molecule has 4 fully saturated rings. The molecule has 4 aliphatic rings. The van der Waals surface area contributed by atoms with Crippen LogP contribution in [0, 0.1) is 35.9 Å². The highest BCUT2D eigenvalue weighted by Crippen LogP contribution is 2.61. The molecule has 0 amide bonds. The summed E-state index contributed by atoms with van der Waals surface area (Å²) in [5.74, 6) is 1.92. The van der Waals surface area contributed by atoms with Gasteiger partial charge in [-0.15, -0.1) is 0 Å². The molecular weight excluding hydrogens is 251 g/mol. The van der Waals surface area contributed by atoms with E-state index in [0.29, 0.717) is 5.56 Å². The summed E-state index contributed by atoms with van der Waals surface area (Å²) in [7, 11) is 0. The maximum atomic E-state index is 14.1. The van der Waals surface area contributed by atoms with Gasteiger partial charge in [0.15, 0.2) is 5.78 Å². The zero-order chi connectivity index (χ0) is 13.9. The Morgan fingerprint density at radius 3 is 2.20 bits per heavy atom. The number of halogens is 1. The third-order valence-corrected chi connectivity index (χ3v) is 5.89. The third-order valence-electron chi connectivity index (χ3n) is 5.89. The molecule has 2 heteroatoms. The summed E-state index contributed by atoms with van der Waals surface area (Å²) in [6, 6.07) is 4.94. The van der Waals surface area contributed by atoms with Gasteiger partial charge in [-0.05, 0) is 75.3 Å². The van der Waals surface area contributed by atoms with Crippen LogP contribution in [0.4, 0.5) is 4.39 Å². The first-order valence-corrected chi connectivity index (χ1v) is 7.87. The predicted octanol–water partition coefficient (Wildman–Crippen LogP) is 4.53. The zero-order valence-electron chi connectivity index (χ0n) is 12.0. The van der Waals surface area contributed by atoms with Crippen molar-refractivity contribution in [3.63, 3.8) is 0 Å². The van der Waals surface area contributed by atoms with Crippen LogP contribution in [0.3, 0.4) is 0 Å². The number of hydrogen-bond donors (Lipinski definition) is 0. The molecule has 0 heterocycles. The molecule has 4 bridgehead atoms. The Morgan fingerprint density at radius 1 is 1.10 bits per heavy atom. The van der Waals surface area contributed by atoms with Crippen LogP contribution in [0.15, 0.2) is 18.2 Å². The van der Waals surface area contributed by atoms with E-state index >= 15 is 0 Å². The molecule has 0 unspecified atom stereocenters. The van der Waals surface area contributed by atoms with Gasteiger partial charge in [0.05, 0.1) is 5.56 Å². The minimum atomic E-state index is -0.337. The second kappa shape index (κ2) is 4.16. The first-order chi connectivity index (χ1) is 9.56. The summed E-state index contributed by atoms with van der Waals surface area (Å²) in [4.78, 5) is 13.0. The van der Waals surface area contributed by atoms with Crippen LogP contribution in [-0.2, 0) is 0 Å². The number of carbonyl (C=O) groups is 1. The lowest BCUT2D eigenvalue weighted by atomic mass is 9.48. The molecule has 0 N–H and O–H groups in total. The molecular formula is C18H21FO. The molecule has 20 heavy (non-hydrogen) atoms. The first-order valence-electron chi connectivity index (χ1n) is 7.87. The van der Waals surface area contributed by atoms with E-state index in [-0.39, 0.29) is 17.0 Å². The Kier molecular flexibility index (Phi) is 2.61. The van der Waals surface area contributed by atoms with E-state index in [2.05, 4.69) is 0 Å². The van der Waals surface area contributed by atoms with Gasteiger partial charge in [-0.2, -0.15) is 0 Å². The van der Waals surface area contributed by atoms with E-state index in [0.717, 1.165) is 42.6 Å². The number of ketones is 1. The molecule has 0 atom stereocenters. The minimum absolute atomic E-state index is 0.0952. The Balaban J connectivity index is 1.73. The highest BCUT2D eigenvalue weighted by molar-refractivity contribution is 6.01. The average Bonchev–Trinajstić information content (AvgIpc) is 2.39. The zero-order valence-corrected chi connectivity index (χ0v) is 12.0. The number of benzene rings is 1. The standard InChI is InChI=1S/C18H21FO/c1-11-2-3-16(19)15(4-11)17(20)18-8-12-5-13(9-18)7-14(6-12)10-18/h2-4,12-14H,5-10H2,1H3. The lowest BCUT2D eigenvalue weighted by Gasteiger charge is -2.56. The lowest BCUT2D eigenvalue weighted by molar-refractivity contribution is -0.0355. The van der Waals surface area contributed by atoms with Crippen LogP contribution in [-0.4, -0.2) is 5.78 Å². The Hall–Kier alpha value is -1.18. The van der Waals surface area contributed by atoms with Crippen molar-refractivity contribution in [1.29, 1.82) is 0 Å². The quantitative estimate of drug-likeness (QED) is 0.723. The highest BCUT2D eigenvalue weighted by Gasteiger charge is 2.54. The van der Waals surface area contributed by atoms with Crippen LogP contribution >= 0.6 is 0 Å². The summed E-state index contributed by atoms with van der Waals surface area (Å²) >= 11 is 0. The van der Waals surface area contributed by atoms with Gasteiger partial charge in [0.1, 0.15) is 5.82 Å². The fourth-order valence-electron chi connectivity index (χ4n) is 5.49. The number of hydrogen-bond acceptors (Lipinski definition) is 1. The second-order valence-electron chi connectivity index (χ2n) is 7.51. The normalized spacial score (nSPS) is 38.2. The van der Waals surface area contributed by atoms with Crippen LogP contribution in [0.2, 0.25) is 0 Å². The van der Waals surface area contributed by atoms with Gasteiger partial charge in [0, 0.05) is 5.41 Å². The molecule has 5 rings (SSSR count). The van der Waals surface area contributed by atoms with E-state index in [9.17, 15) is 9.18 Å². The third kappa shape index (κ3) is 1.77. The maximum Gasteiger partial charge on any atom is 0.171 e. The Labute approximate surface area is 119 Å². The van der Waals surface area contributed by atoms with E-state index in [4.69, 9.17) is 0 Å². The Bertz CT molecular complexity index is 539. The Morgan fingerprint density at radius 2 is 1.65 bits per heavy atom. The van der Waals surface area contributed by atoms with Crippen molar-refractivity contribution < 1.29 is 9.18 Å². The van der Waals surface area contributed by atoms with Crippen molar-refractivity contribution in [2.24, 2.45) is 23.2 Å². The number of aryl methyl sites for hydroxylation is 1. The summed E-state index contributed by atoms with van der Waals surface area (Å²) in [5, 5.41) is 0. The molecule has 0 spiro atoms. The van der Waals surface area contributed by atoms with E-state index < -0.39 is 0 Å². The number of rotatable bonds is 2. The fourth-order valence-corrected chi connectivity index (χ4v) is 5.49. The van der Waals surface area contributed by atoms with Crippen LogP contribution < -0.4 is 0 Å². The van der Waals surface area contributed by atoms with Crippen molar-refractivity contribution >= 4 is 5.78 Å². The van der Waals surface area contributed by atoms with Crippen molar-refractivity contribution in [1.82, 2.24) is 0 Å². The lowest BCUT2D eigenvalue weighted by Crippen LogP contribution is -2.50. The number of Topliss-reactive ketones (excluding diaryl/α,β-unsaturated/α-hetero) is 1. The number of carbonyl (C=O) groups excluding carboxylic acids is 1. The molecule has 0 aromatic heterocycles. The van der Waals surface area contributed by atoms with Crippen LogP contribution in [0.1, 0.15) is 54.4 Å². The molecule has 1 nitrogen and oxygen atoms in total. The summed E-state index contributed by atoms with van der Waals surface area (Å²) < 4.78 is 14.1. The van der Waals surface area contributed by atoms with Gasteiger partial charge < -0.3 is 0 Å². The van der Waals surface area contributed by atoms with Crippen molar-refractivity contribution in [3.8, 4) is 0 Å². The van der Waals surface area contributed by atoms with E-state index in [1.54, 1.807) is 12.1 Å². The molecule has 0 radical (unpaired) electrons. The van der Waals surface area contributed by atoms with Crippen LogP contribution in [0.25, 0.3) is 0 Å². The topological polar surface area (TPSA) is 17.1 Å². The largest absolute Gasteiger partial charge is 0.293 e. The van der Waals surface area contributed by atoms with E-state index in [1.807, 2.05) is 6.92 Å². The maximum absolute atomic E-state index is 14.1. The van der Waals surface area contributed by atoms with Crippen molar-refractivity contribution in [3.05, 3.63) is 35.1 Å². The molecule has 0 saturated heterocycles. The molecule has 4 saturated carbocycles. The van der Waals surface area contributed by atoms with Gasteiger partial charge in [0.25, 0.3) is 0 Å². The molecule has 0 aliphatic heterocycles. The summed E-state index contributed by atoms with van der Waals surface area (Å²) in [6.45, 7) is 1.93. The molecule has 4 aliphatic carbocycles. The smallest absolute Gasteiger partial charge is 0.171 e. The second-order valence-corrected chi connectivity index (χ2v) is 7.51. The van der Waals surface area contributed by atoms with E-state index in [1.165, 1.54) is 25.3 Å². The highest BCUT2D eigenvalue weighted by atomic mass is 19.1. The molecule has 1 aromatic carbocycles. The van der Waals surface area contributed by atoms with Gasteiger partial charge in [0.2, 0.25) is 0 Å². The SMILES string of the molecule is Cc1ccc(F)c(C(=O)C23CC4CC(CC(C4)C2)C3)c1. The fraction of sp³-hybridized carbons (Fsp3) is 0.611. The molecule has 106 valence electrons. The average molecular weight is 272 g/mol. The van der Waals surface area contributed by atoms with Crippen LogP contribution in [0.5, 0.6) is 0 Å². The van der Waals surface area contributed by atoms with Gasteiger partial charge in [-0.25, -0.2) is 4.39 Å². The summed E-state index contributed by atoms with van der Waals surface area (Å²) in [5.41, 5.74) is 1.08. The van der Waals surface area contributed by atoms with Gasteiger partial charge in [-0.3, -0.25) is 4.79 Å². The van der Waals surface area contributed by atoms with Gasteiger partial charge in [-0.1, -0.05) is 11.6 Å². The summed E-state index contributed by atoms with van der Waals surface area (Å²) in [6.07, 6.45) is 6.94. The van der Waals surface area contributed by atoms with Crippen molar-refractivity contribution in [2.75, 3.05) is 0 Å². The monoisotopic (exact) mass is 272 g/mol. The first kappa shape index (κ1) is 12.6. The minimum Gasteiger partial charge on any atom is -0.293 e. The molecule has 1 aromatic rings. The van der Waals surface area contributed by atoms with Gasteiger partial charge >= 0.3 is 0 Å².